The van der Waals surface area contributed by atoms with Gasteiger partial charge in [0.15, 0.2) is 0 Å². The number of benzene rings is 1. The second-order valence-electron chi connectivity index (χ2n) is 3.88. The van der Waals surface area contributed by atoms with Crippen LogP contribution in [0, 0.1) is 6.92 Å². The highest BCUT2D eigenvalue weighted by Crippen LogP contribution is 2.32. The average molecular weight is 208 g/mol. The third-order valence-corrected chi connectivity index (χ3v) is 2.96. The lowest BCUT2D eigenvalue weighted by molar-refractivity contribution is 0.782. The fourth-order valence-corrected chi connectivity index (χ4v) is 2.10. The molecule has 2 N–H and O–H groups in total. The van der Waals surface area contributed by atoms with Crippen LogP contribution in [0.15, 0.2) is 24.3 Å². The van der Waals surface area contributed by atoms with Gasteiger partial charge in [0.2, 0.25) is 0 Å². The molecule has 1 nitrogen and oxygen atoms in total. The molecule has 2 heteroatoms. The standard InChI is InChI=1S/C12H14ClN/c1-8-2-5-12(13)11(6-8)9-3-4-10(14)7-9/h2,5-7,10H,3-4,14H2,1H3. The molecule has 0 saturated heterocycles. The molecule has 0 heterocycles. The van der Waals surface area contributed by atoms with Crippen LogP contribution in [-0.4, -0.2) is 6.04 Å². The van der Waals surface area contributed by atoms with Crippen molar-refractivity contribution in [1.29, 1.82) is 0 Å². The fraction of sp³-hybridized carbons (Fsp3) is 0.333. The Bertz CT molecular complexity index is 382. The summed E-state index contributed by atoms with van der Waals surface area (Å²) in [7, 11) is 0. The third kappa shape index (κ3) is 1.84. The molecular weight excluding hydrogens is 194 g/mol. The largest absolute Gasteiger partial charge is 0.324 e. The molecule has 1 aromatic rings. The highest BCUT2D eigenvalue weighted by molar-refractivity contribution is 6.32. The van der Waals surface area contributed by atoms with Crippen molar-refractivity contribution < 1.29 is 0 Å². The van der Waals surface area contributed by atoms with Crippen molar-refractivity contribution in [3.05, 3.63) is 40.4 Å². The van der Waals surface area contributed by atoms with E-state index >= 15 is 0 Å². The van der Waals surface area contributed by atoms with Gasteiger partial charge in [-0.15, -0.1) is 0 Å². The summed E-state index contributed by atoms with van der Waals surface area (Å²) in [4.78, 5) is 0. The van der Waals surface area contributed by atoms with Crippen molar-refractivity contribution in [2.45, 2.75) is 25.8 Å². The van der Waals surface area contributed by atoms with Crippen LogP contribution in [0.4, 0.5) is 0 Å². The maximum atomic E-state index is 6.14. The van der Waals surface area contributed by atoms with Crippen molar-refractivity contribution in [2.24, 2.45) is 5.73 Å². The maximum Gasteiger partial charge on any atom is 0.0481 e. The van der Waals surface area contributed by atoms with Gasteiger partial charge in [0.05, 0.1) is 0 Å². The predicted molar refractivity (Wildman–Crippen MR) is 61.4 cm³/mol. The molecule has 14 heavy (non-hydrogen) atoms. The van der Waals surface area contributed by atoms with E-state index in [1.54, 1.807) is 0 Å². The van der Waals surface area contributed by atoms with Crippen LogP contribution in [0.2, 0.25) is 5.02 Å². The van der Waals surface area contributed by atoms with Gasteiger partial charge in [-0.2, -0.15) is 0 Å². The molecular formula is C12H14ClN. The van der Waals surface area contributed by atoms with Crippen molar-refractivity contribution >= 4 is 17.2 Å². The molecule has 1 aliphatic carbocycles. The average Bonchev–Trinajstić information content (AvgIpc) is 2.56. The van der Waals surface area contributed by atoms with Gasteiger partial charge in [0, 0.05) is 11.1 Å². The lowest BCUT2D eigenvalue weighted by Gasteiger charge is -2.05. The zero-order chi connectivity index (χ0) is 10.1. The lowest BCUT2D eigenvalue weighted by atomic mass is 10.0. The molecule has 1 aromatic carbocycles. The summed E-state index contributed by atoms with van der Waals surface area (Å²) in [6.45, 7) is 2.08. The number of rotatable bonds is 1. The summed E-state index contributed by atoms with van der Waals surface area (Å²) >= 11 is 6.14. The van der Waals surface area contributed by atoms with Gasteiger partial charge < -0.3 is 5.73 Å². The van der Waals surface area contributed by atoms with E-state index in [0.717, 1.165) is 23.4 Å². The van der Waals surface area contributed by atoms with Gasteiger partial charge in [-0.3, -0.25) is 0 Å². The number of hydrogen-bond acceptors (Lipinski definition) is 1. The van der Waals surface area contributed by atoms with Crippen molar-refractivity contribution in [1.82, 2.24) is 0 Å². The molecule has 0 aliphatic heterocycles. The zero-order valence-corrected chi connectivity index (χ0v) is 9.01. The molecule has 1 aliphatic rings. The molecule has 0 fully saturated rings. The maximum absolute atomic E-state index is 6.14. The monoisotopic (exact) mass is 207 g/mol. The molecule has 1 unspecified atom stereocenters. The predicted octanol–water partition coefficient (Wildman–Crippen LogP) is 3.15. The topological polar surface area (TPSA) is 26.0 Å². The Labute approximate surface area is 89.6 Å². The number of nitrogens with two attached hydrogens (primary N) is 1. The van der Waals surface area contributed by atoms with Gasteiger partial charge in [-0.25, -0.2) is 0 Å². The Morgan fingerprint density at radius 3 is 2.86 bits per heavy atom. The Balaban J connectivity index is 2.41. The number of halogens is 1. The summed E-state index contributed by atoms with van der Waals surface area (Å²) in [5.41, 5.74) is 9.52. The van der Waals surface area contributed by atoms with E-state index in [4.69, 9.17) is 17.3 Å². The smallest absolute Gasteiger partial charge is 0.0481 e. The van der Waals surface area contributed by atoms with E-state index in [1.807, 2.05) is 12.1 Å². The van der Waals surface area contributed by atoms with Crippen LogP contribution in [-0.2, 0) is 0 Å². The van der Waals surface area contributed by atoms with Crippen LogP contribution in [0.3, 0.4) is 0 Å². The zero-order valence-electron chi connectivity index (χ0n) is 8.26. The van der Waals surface area contributed by atoms with Crippen LogP contribution >= 0.6 is 11.6 Å². The minimum atomic E-state index is 0.210. The fourth-order valence-electron chi connectivity index (χ4n) is 1.86. The van der Waals surface area contributed by atoms with E-state index in [2.05, 4.69) is 19.1 Å². The molecule has 0 bridgehead atoms. The van der Waals surface area contributed by atoms with E-state index in [-0.39, 0.29) is 6.04 Å². The van der Waals surface area contributed by atoms with Crippen LogP contribution in [0.25, 0.3) is 5.57 Å². The van der Waals surface area contributed by atoms with Gasteiger partial charge in [0.1, 0.15) is 0 Å². The quantitative estimate of drug-likeness (QED) is 0.752. The lowest BCUT2D eigenvalue weighted by Crippen LogP contribution is -2.11. The first-order valence-corrected chi connectivity index (χ1v) is 5.27. The molecule has 1 atom stereocenters. The third-order valence-electron chi connectivity index (χ3n) is 2.63. The summed E-state index contributed by atoms with van der Waals surface area (Å²) < 4.78 is 0. The first kappa shape index (κ1) is 9.75. The Morgan fingerprint density at radius 2 is 2.21 bits per heavy atom. The minimum absolute atomic E-state index is 0.210. The van der Waals surface area contributed by atoms with Crippen LogP contribution < -0.4 is 5.73 Å². The summed E-state index contributed by atoms with van der Waals surface area (Å²) in [5, 5.41) is 0.830. The number of aryl methyl sites for hydroxylation is 1. The number of allylic oxidation sites excluding steroid dienone is 1. The Kier molecular flexibility index (Phi) is 2.62. The summed E-state index contributed by atoms with van der Waals surface area (Å²) in [5.74, 6) is 0. The highest BCUT2D eigenvalue weighted by Gasteiger charge is 2.15. The van der Waals surface area contributed by atoms with Crippen molar-refractivity contribution in [2.75, 3.05) is 0 Å². The molecule has 0 aromatic heterocycles. The van der Waals surface area contributed by atoms with E-state index in [0.29, 0.717) is 0 Å². The normalized spacial score (nSPS) is 21.1. The van der Waals surface area contributed by atoms with Crippen molar-refractivity contribution in [3.8, 4) is 0 Å². The second kappa shape index (κ2) is 3.76. The molecule has 2 rings (SSSR count). The van der Waals surface area contributed by atoms with Gasteiger partial charge in [0.25, 0.3) is 0 Å². The van der Waals surface area contributed by atoms with E-state index in [1.165, 1.54) is 11.1 Å². The SMILES string of the molecule is Cc1ccc(Cl)c(C2=CC(N)CC2)c1. The molecule has 0 radical (unpaired) electrons. The van der Waals surface area contributed by atoms with Crippen molar-refractivity contribution in [3.63, 3.8) is 0 Å². The van der Waals surface area contributed by atoms with Gasteiger partial charge in [-0.05, 0) is 37.0 Å². The molecule has 0 amide bonds. The first-order chi connectivity index (χ1) is 6.66. The molecule has 0 saturated carbocycles. The molecule has 0 spiro atoms. The number of hydrogen-bond donors (Lipinski definition) is 1. The minimum Gasteiger partial charge on any atom is -0.324 e. The van der Waals surface area contributed by atoms with Gasteiger partial charge in [-0.1, -0.05) is 35.4 Å². The Morgan fingerprint density at radius 1 is 1.43 bits per heavy atom. The summed E-state index contributed by atoms with van der Waals surface area (Å²) in [6, 6.07) is 6.33. The van der Waals surface area contributed by atoms with Gasteiger partial charge >= 0.3 is 0 Å². The second-order valence-corrected chi connectivity index (χ2v) is 4.28. The van der Waals surface area contributed by atoms with Crippen LogP contribution in [0.5, 0.6) is 0 Å². The highest BCUT2D eigenvalue weighted by atomic mass is 35.5. The molecule has 74 valence electrons. The van der Waals surface area contributed by atoms with E-state index in [9.17, 15) is 0 Å². The van der Waals surface area contributed by atoms with Crippen LogP contribution in [0.1, 0.15) is 24.0 Å². The Hall–Kier alpha value is -0.790. The summed E-state index contributed by atoms with van der Waals surface area (Å²) in [6.07, 6.45) is 4.21. The van der Waals surface area contributed by atoms with E-state index < -0.39 is 0 Å². The first-order valence-electron chi connectivity index (χ1n) is 4.89.